The van der Waals surface area contributed by atoms with Crippen molar-refractivity contribution >= 4 is 22.7 Å². The van der Waals surface area contributed by atoms with Crippen molar-refractivity contribution in [3.8, 4) is 11.1 Å². The zero-order valence-corrected chi connectivity index (χ0v) is 23.0. The number of benzene rings is 2. The molecule has 9 heteroatoms. The number of hydrogen-bond acceptors (Lipinski definition) is 8. The van der Waals surface area contributed by atoms with Crippen molar-refractivity contribution in [2.24, 2.45) is 0 Å². The van der Waals surface area contributed by atoms with Gasteiger partial charge < -0.3 is 28.8 Å². The maximum Gasteiger partial charge on any atom is 0.229 e. The lowest BCUT2D eigenvalue weighted by molar-refractivity contribution is -0.183. The third kappa shape index (κ3) is 5.11. The zero-order chi connectivity index (χ0) is 27.1. The molecule has 2 aromatic heterocycles. The van der Waals surface area contributed by atoms with E-state index in [0.29, 0.717) is 12.6 Å². The summed E-state index contributed by atoms with van der Waals surface area (Å²) in [5, 5.41) is 4.35. The molecule has 5 heterocycles. The Morgan fingerprint density at radius 3 is 2.60 bits per heavy atom. The fraction of sp³-hybridized carbons (Fsp3) is 0.419. The van der Waals surface area contributed by atoms with Crippen LogP contribution < -0.4 is 5.32 Å². The first-order valence-corrected chi connectivity index (χ1v) is 14.1. The number of nitrogens with one attached hydrogen (secondary N) is 1. The van der Waals surface area contributed by atoms with Gasteiger partial charge in [-0.2, -0.15) is 4.98 Å². The molecule has 2 aromatic carbocycles. The number of fused-ring (bicyclic) bond motifs is 2. The Hall–Kier alpha value is -3.34. The Kier molecular flexibility index (Phi) is 6.77. The molecule has 9 nitrogen and oxygen atoms in total. The van der Waals surface area contributed by atoms with Crippen LogP contribution in [0, 0.1) is 0 Å². The second-order valence-electron chi connectivity index (χ2n) is 11.1. The number of anilines is 2. The van der Waals surface area contributed by atoms with Gasteiger partial charge in [-0.15, -0.1) is 0 Å². The molecule has 1 N–H and O–H groups in total. The Labute approximate surface area is 234 Å². The van der Waals surface area contributed by atoms with Gasteiger partial charge in [0.25, 0.3) is 0 Å². The standard InChI is InChI=1S/C31H35N5O4/c1-31(2)39-26-20-38-29(27(26)40-31)36-19-25(22-6-4-3-5-7-22)24-18-32-30(34-28(24)36)33-23-10-8-21(9-11-23)12-13-35-14-16-37-17-15-35/h3-11,18-19,26-27,29H,12-17,20H2,1-2H3,(H,32,33,34)/t26-,27-,29-/m1/s1. The van der Waals surface area contributed by atoms with E-state index in [1.807, 2.05) is 38.2 Å². The second kappa shape index (κ2) is 10.6. The molecule has 0 aliphatic carbocycles. The van der Waals surface area contributed by atoms with Crippen LogP contribution in [0.4, 0.5) is 11.6 Å². The molecule has 208 valence electrons. The van der Waals surface area contributed by atoms with E-state index in [2.05, 4.69) is 62.4 Å². The smallest absolute Gasteiger partial charge is 0.229 e. The van der Waals surface area contributed by atoms with Crippen molar-refractivity contribution in [1.82, 2.24) is 19.4 Å². The van der Waals surface area contributed by atoms with Crippen molar-refractivity contribution in [2.45, 2.75) is 44.5 Å². The van der Waals surface area contributed by atoms with Gasteiger partial charge in [-0.1, -0.05) is 42.5 Å². The number of hydrogen-bond donors (Lipinski definition) is 1. The molecular weight excluding hydrogens is 506 g/mol. The van der Waals surface area contributed by atoms with Crippen LogP contribution >= 0.6 is 0 Å². The lowest BCUT2D eigenvalue weighted by Gasteiger charge is -2.26. The van der Waals surface area contributed by atoms with Gasteiger partial charge in [0, 0.05) is 48.7 Å². The fourth-order valence-electron chi connectivity index (χ4n) is 5.89. The highest BCUT2D eigenvalue weighted by atomic mass is 16.8. The van der Waals surface area contributed by atoms with Crippen LogP contribution in [0.1, 0.15) is 25.6 Å². The van der Waals surface area contributed by atoms with Crippen LogP contribution in [-0.4, -0.2) is 76.9 Å². The molecule has 3 aliphatic heterocycles. The number of aromatic nitrogens is 3. The van der Waals surface area contributed by atoms with Crippen LogP contribution in [0.2, 0.25) is 0 Å². The van der Waals surface area contributed by atoms with E-state index < -0.39 is 5.79 Å². The number of nitrogens with zero attached hydrogens (tertiary/aromatic N) is 4. The minimum atomic E-state index is -0.640. The molecule has 3 saturated heterocycles. The Morgan fingerprint density at radius 2 is 1.80 bits per heavy atom. The lowest BCUT2D eigenvalue weighted by Crippen LogP contribution is -2.37. The maximum absolute atomic E-state index is 6.26. The van der Waals surface area contributed by atoms with Gasteiger partial charge in [0.2, 0.25) is 5.95 Å². The zero-order valence-electron chi connectivity index (χ0n) is 23.0. The molecular formula is C31H35N5O4. The summed E-state index contributed by atoms with van der Waals surface area (Å²) < 4.78 is 26.1. The van der Waals surface area contributed by atoms with E-state index in [0.717, 1.165) is 67.1 Å². The van der Waals surface area contributed by atoms with E-state index in [1.54, 1.807) is 0 Å². The van der Waals surface area contributed by atoms with Gasteiger partial charge in [0.1, 0.15) is 17.9 Å². The van der Waals surface area contributed by atoms with Crippen molar-refractivity contribution < 1.29 is 18.9 Å². The summed E-state index contributed by atoms with van der Waals surface area (Å²) in [5.74, 6) is -0.107. The molecule has 0 amide bonds. The predicted octanol–water partition coefficient (Wildman–Crippen LogP) is 4.77. The molecule has 3 aliphatic rings. The number of morpholine rings is 1. The van der Waals surface area contributed by atoms with E-state index >= 15 is 0 Å². The SMILES string of the molecule is CC1(C)O[C@H]2[C@H](n3cc(-c4ccccc4)c4cnc(Nc5ccc(CCN6CCOCC6)cc5)nc43)OC[C@H]2O1. The van der Waals surface area contributed by atoms with Gasteiger partial charge in [-0.25, -0.2) is 4.98 Å². The van der Waals surface area contributed by atoms with E-state index in [9.17, 15) is 0 Å². The molecule has 7 rings (SSSR count). The third-order valence-corrected chi connectivity index (χ3v) is 7.89. The van der Waals surface area contributed by atoms with Crippen LogP contribution in [0.5, 0.6) is 0 Å². The van der Waals surface area contributed by atoms with Gasteiger partial charge in [0.15, 0.2) is 12.0 Å². The van der Waals surface area contributed by atoms with Crippen LogP contribution in [-0.2, 0) is 25.4 Å². The van der Waals surface area contributed by atoms with Crippen LogP contribution in [0.15, 0.2) is 67.0 Å². The van der Waals surface area contributed by atoms with Gasteiger partial charge in [-0.05, 0) is 43.5 Å². The summed E-state index contributed by atoms with van der Waals surface area (Å²) in [4.78, 5) is 12.1. The van der Waals surface area contributed by atoms with Crippen molar-refractivity contribution in [1.29, 1.82) is 0 Å². The minimum absolute atomic E-state index is 0.112. The Bertz CT molecular complexity index is 1470. The first kappa shape index (κ1) is 25.6. The summed E-state index contributed by atoms with van der Waals surface area (Å²) in [6.07, 6.45) is 4.33. The fourth-order valence-corrected chi connectivity index (χ4v) is 5.89. The molecule has 4 aromatic rings. The molecule has 0 unspecified atom stereocenters. The molecule has 0 spiro atoms. The van der Waals surface area contributed by atoms with Crippen molar-refractivity contribution in [3.63, 3.8) is 0 Å². The van der Waals surface area contributed by atoms with Crippen molar-refractivity contribution in [3.05, 3.63) is 72.6 Å². The predicted molar refractivity (Wildman–Crippen MR) is 152 cm³/mol. The first-order valence-electron chi connectivity index (χ1n) is 14.1. The quantitative estimate of drug-likeness (QED) is 0.359. The second-order valence-corrected chi connectivity index (χ2v) is 11.1. The highest BCUT2D eigenvalue weighted by Crippen LogP contribution is 2.42. The largest absolute Gasteiger partial charge is 0.379 e. The van der Waals surface area contributed by atoms with Gasteiger partial charge in [-0.3, -0.25) is 4.90 Å². The van der Waals surface area contributed by atoms with Gasteiger partial charge in [0.05, 0.1) is 19.8 Å². The monoisotopic (exact) mass is 541 g/mol. The van der Waals surface area contributed by atoms with Gasteiger partial charge >= 0.3 is 0 Å². The van der Waals surface area contributed by atoms with Crippen LogP contribution in [0.3, 0.4) is 0 Å². The molecule has 0 saturated carbocycles. The lowest BCUT2D eigenvalue weighted by atomic mass is 10.1. The molecule has 40 heavy (non-hydrogen) atoms. The average Bonchev–Trinajstić information content (AvgIpc) is 3.63. The molecule has 0 radical (unpaired) electrons. The summed E-state index contributed by atoms with van der Waals surface area (Å²) in [5.41, 5.74) is 5.20. The summed E-state index contributed by atoms with van der Waals surface area (Å²) in [7, 11) is 0. The summed E-state index contributed by atoms with van der Waals surface area (Å²) >= 11 is 0. The maximum atomic E-state index is 6.26. The normalized spacial score (nSPS) is 24.4. The third-order valence-electron chi connectivity index (χ3n) is 7.89. The highest BCUT2D eigenvalue weighted by Gasteiger charge is 2.51. The van der Waals surface area contributed by atoms with Crippen molar-refractivity contribution in [2.75, 3.05) is 44.8 Å². The van der Waals surface area contributed by atoms with Crippen LogP contribution in [0.25, 0.3) is 22.2 Å². The first-order chi connectivity index (χ1) is 19.5. The highest BCUT2D eigenvalue weighted by molar-refractivity contribution is 5.94. The number of ether oxygens (including phenoxy) is 4. The number of rotatable bonds is 7. The molecule has 3 fully saturated rings. The van der Waals surface area contributed by atoms with E-state index in [4.69, 9.17) is 23.9 Å². The average molecular weight is 542 g/mol. The minimum Gasteiger partial charge on any atom is -0.379 e. The summed E-state index contributed by atoms with van der Waals surface area (Å²) in [6.45, 7) is 9.11. The van der Waals surface area contributed by atoms with E-state index in [-0.39, 0.29) is 18.4 Å². The topological polar surface area (TPSA) is 82.9 Å². The Balaban J connectivity index is 1.15. The summed E-state index contributed by atoms with van der Waals surface area (Å²) in [6, 6.07) is 18.8. The molecule has 0 bridgehead atoms. The van der Waals surface area contributed by atoms with E-state index in [1.165, 1.54) is 5.56 Å². The Morgan fingerprint density at radius 1 is 1.00 bits per heavy atom. The molecule has 3 atom stereocenters.